The molecule has 0 unspecified atom stereocenters. The second-order valence-corrected chi connectivity index (χ2v) is 9.23. The molecule has 4 aromatic rings. The predicted octanol–water partition coefficient (Wildman–Crippen LogP) is 6.19. The van der Waals surface area contributed by atoms with Gasteiger partial charge < -0.3 is 10.1 Å². The summed E-state index contributed by atoms with van der Waals surface area (Å²) in [5.74, 6) is -0.624. The highest BCUT2D eigenvalue weighted by Gasteiger charge is 2.29. The van der Waals surface area contributed by atoms with Crippen LogP contribution >= 0.6 is 11.3 Å². The molecule has 5 rings (SSSR count). The molecule has 6 heteroatoms. The number of pyridine rings is 1. The van der Waals surface area contributed by atoms with Gasteiger partial charge in [0.1, 0.15) is 5.00 Å². The van der Waals surface area contributed by atoms with Crippen LogP contribution in [0.25, 0.3) is 22.2 Å². The third-order valence-corrected chi connectivity index (χ3v) is 7.22. The van der Waals surface area contributed by atoms with E-state index in [0.717, 1.165) is 57.4 Å². The first-order chi connectivity index (χ1) is 16.1. The average molecular weight is 457 g/mol. The van der Waals surface area contributed by atoms with Crippen LogP contribution in [0.3, 0.4) is 0 Å². The van der Waals surface area contributed by atoms with E-state index >= 15 is 0 Å². The number of nitrogens with one attached hydrogen (secondary N) is 1. The number of rotatable bonds is 5. The Labute approximate surface area is 196 Å². The normalized spacial score (nSPS) is 12.5. The van der Waals surface area contributed by atoms with E-state index in [1.54, 1.807) is 6.92 Å². The van der Waals surface area contributed by atoms with Crippen LogP contribution in [-0.2, 0) is 17.6 Å². The number of benzene rings is 2. The van der Waals surface area contributed by atoms with Gasteiger partial charge in [-0.2, -0.15) is 0 Å². The number of anilines is 1. The lowest BCUT2D eigenvalue weighted by atomic mass is 10.0. The van der Waals surface area contributed by atoms with Crippen molar-refractivity contribution in [1.29, 1.82) is 0 Å². The number of hydrogen-bond acceptors (Lipinski definition) is 5. The molecular formula is C27H24N2O3S. The van der Waals surface area contributed by atoms with Crippen molar-refractivity contribution in [3.05, 3.63) is 81.7 Å². The highest BCUT2D eigenvalue weighted by atomic mass is 32.1. The van der Waals surface area contributed by atoms with Crippen LogP contribution in [0.4, 0.5) is 5.00 Å². The standard InChI is InChI=1S/C27H24N2O3S/c1-3-32-27(31)24-19-12-8-14-23(19)33-26(24)29-25(30)20-15-22(17-10-5-4-9-16(17)2)28-21-13-7-6-11-18(20)21/h4-7,9-11,13,15H,3,8,12,14H2,1-2H3,(H,29,30). The molecule has 1 amide bonds. The summed E-state index contributed by atoms with van der Waals surface area (Å²) in [4.78, 5) is 32.3. The molecule has 33 heavy (non-hydrogen) atoms. The minimum Gasteiger partial charge on any atom is -0.462 e. The lowest BCUT2D eigenvalue weighted by Gasteiger charge is -2.12. The summed E-state index contributed by atoms with van der Waals surface area (Å²) in [7, 11) is 0. The minimum atomic E-state index is -0.368. The van der Waals surface area contributed by atoms with Gasteiger partial charge >= 0.3 is 5.97 Å². The maximum atomic E-state index is 13.6. The Morgan fingerprint density at radius 1 is 1.09 bits per heavy atom. The SMILES string of the molecule is CCOC(=O)c1c(NC(=O)c2cc(-c3ccccc3C)nc3ccccc23)sc2c1CCC2. The van der Waals surface area contributed by atoms with Crippen LogP contribution in [0.5, 0.6) is 0 Å². The van der Waals surface area contributed by atoms with E-state index in [-0.39, 0.29) is 11.9 Å². The monoisotopic (exact) mass is 456 g/mol. The molecule has 2 aromatic carbocycles. The van der Waals surface area contributed by atoms with Crippen LogP contribution in [0.1, 0.15) is 50.1 Å². The van der Waals surface area contributed by atoms with Gasteiger partial charge in [-0.25, -0.2) is 9.78 Å². The number of para-hydroxylation sites is 1. The van der Waals surface area contributed by atoms with Gasteiger partial charge in [0.25, 0.3) is 5.91 Å². The zero-order valence-electron chi connectivity index (χ0n) is 18.6. The summed E-state index contributed by atoms with van der Waals surface area (Å²) >= 11 is 1.49. The summed E-state index contributed by atoms with van der Waals surface area (Å²) in [5.41, 5.74) is 5.64. The van der Waals surface area contributed by atoms with Crippen LogP contribution in [-0.4, -0.2) is 23.5 Å². The summed E-state index contributed by atoms with van der Waals surface area (Å²) in [6.45, 7) is 4.12. The Morgan fingerprint density at radius 3 is 2.70 bits per heavy atom. The van der Waals surface area contributed by atoms with Crippen molar-refractivity contribution in [2.45, 2.75) is 33.1 Å². The molecule has 0 saturated heterocycles. The molecule has 2 heterocycles. The van der Waals surface area contributed by atoms with Gasteiger partial charge in [-0.15, -0.1) is 11.3 Å². The molecule has 1 N–H and O–H groups in total. The van der Waals surface area contributed by atoms with Crippen molar-refractivity contribution in [3.8, 4) is 11.3 Å². The number of esters is 1. The van der Waals surface area contributed by atoms with Crippen molar-refractivity contribution in [1.82, 2.24) is 4.98 Å². The average Bonchev–Trinajstić information content (AvgIpc) is 3.39. The van der Waals surface area contributed by atoms with Gasteiger partial charge in [0.2, 0.25) is 0 Å². The number of aromatic nitrogens is 1. The molecule has 1 aliphatic rings. The number of fused-ring (bicyclic) bond motifs is 2. The zero-order valence-corrected chi connectivity index (χ0v) is 19.4. The van der Waals surface area contributed by atoms with E-state index in [9.17, 15) is 9.59 Å². The van der Waals surface area contributed by atoms with Crippen LogP contribution in [0.15, 0.2) is 54.6 Å². The Hall–Kier alpha value is -3.51. The van der Waals surface area contributed by atoms with Crippen LogP contribution in [0.2, 0.25) is 0 Å². The van der Waals surface area contributed by atoms with Crippen molar-refractivity contribution < 1.29 is 14.3 Å². The molecule has 0 radical (unpaired) electrons. The zero-order chi connectivity index (χ0) is 22.9. The highest BCUT2D eigenvalue weighted by molar-refractivity contribution is 7.17. The van der Waals surface area contributed by atoms with E-state index in [2.05, 4.69) is 5.32 Å². The van der Waals surface area contributed by atoms with Gasteiger partial charge in [0, 0.05) is 15.8 Å². The fourth-order valence-electron chi connectivity index (χ4n) is 4.44. The number of aryl methyl sites for hydroxylation is 2. The molecule has 2 aromatic heterocycles. The molecule has 0 bridgehead atoms. The topological polar surface area (TPSA) is 68.3 Å². The van der Waals surface area contributed by atoms with Gasteiger partial charge in [-0.1, -0.05) is 42.5 Å². The number of thiophene rings is 1. The first kappa shape index (κ1) is 21.3. The maximum Gasteiger partial charge on any atom is 0.341 e. The Balaban J connectivity index is 1.59. The van der Waals surface area contributed by atoms with E-state index in [0.29, 0.717) is 22.7 Å². The van der Waals surface area contributed by atoms with E-state index in [1.807, 2.05) is 61.5 Å². The molecule has 166 valence electrons. The van der Waals surface area contributed by atoms with E-state index in [1.165, 1.54) is 11.3 Å². The summed E-state index contributed by atoms with van der Waals surface area (Å²) in [5, 5.41) is 4.38. The molecular weight excluding hydrogens is 432 g/mol. The summed E-state index contributed by atoms with van der Waals surface area (Å²) in [6, 6.07) is 17.5. The Kier molecular flexibility index (Phi) is 5.68. The molecule has 1 aliphatic carbocycles. The third-order valence-electron chi connectivity index (χ3n) is 6.01. The van der Waals surface area contributed by atoms with Gasteiger partial charge in [-0.05, 0) is 56.4 Å². The lowest BCUT2D eigenvalue weighted by Crippen LogP contribution is -2.16. The second kappa shape index (κ2) is 8.79. The van der Waals surface area contributed by atoms with E-state index < -0.39 is 0 Å². The number of amides is 1. The predicted molar refractivity (Wildman–Crippen MR) is 132 cm³/mol. The Morgan fingerprint density at radius 2 is 1.88 bits per heavy atom. The molecule has 0 spiro atoms. The molecule has 5 nitrogen and oxygen atoms in total. The van der Waals surface area contributed by atoms with Crippen molar-refractivity contribution in [2.24, 2.45) is 0 Å². The fraction of sp³-hybridized carbons (Fsp3) is 0.222. The first-order valence-corrected chi connectivity index (χ1v) is 12.0. The largest absolute Gasteiger partial charge is 0.462 e. The summed E-state index contributed by atoms with van der Waals surface area (Å²) < 4.78 is 5.31. The Bertz CT molecular complexity index is 1390. The van der Waals surface area contributed by atoms with E-state index in [4.69, 9.17) is 9.72 Å². The third kappa shape index (κ3) is 3.91. The second-order valence-electron chi connectivity index (χ2n) is 8.12. The number of carbonyl (C=O) groups excluding carboxylic acids is 2. The smallest absolute Gasteiger partial charge is 0.341 e. The van der Waals surface area contributed by atoms with Crippen molar-refractivity contribution in [3.63, 3.8) is 0 Å². The van der Waals surface area contributed by atoms with Crippen LogP contribution < -0.4 is 5.32 Å². The number of hydrogen-bond donors (Lipinski definition) is 1. The number of nitrogens with zero attached hydrogens (tertiary/aromatic N) is 1. The first-order valence-electron chi connectivity index (χ1n) is 11.2. The molecule has 0 aliphatic heterocycles. The summed E-state index contributed by atoms with van der Waals surface area (Å²) in [6.07, 6.45) is 2.79. The van der Waals surface area contributed by atoms with Gasteiger partial charge in [0.15, 0.2) is 0 Å². The number of ether oxygens (including phenoxy) is 1. The molecule has 0 atom stereocenters. The maximum absolute atomic E-state index is 13.6. The lowest BCUT2D eigenvalue weighted by molar-refractivity contribution is 0.0527. The van der Waals surface area contributed by atoms with Crippen LogP contribution in [0, 0.1) is 6.92 Å². The van der Waals surface area contributed by atoms with Gasteiger partial charge in [-0.3, -0.25) is 4.79 Å². The van der Waals surface area contributed by atoms with Gasteiger partial charge in [0.05, 0.1) is 28.9 Å². The minimum absolute atomic E-state index is 0.256. The number of carbonyl (C=O) groups is 2. The molecule has 0 fully saturated rings. The fourth-order valence-corrected chi connectivity index (χ4v) is 5.72. The van der Waals surface area contributed by atoms with Crippen molar-refractivity contribution in [2.75, 3.05) is 11.9 Å². The van der Waals surface area contributed by atoms with Crippen molar-refractivity contribution >= 4 is 39.1 Å². The highest BCUT2D eigenvalue weighted by Crippen LogP contribution is 2.40. The molecule has 0 saturated carbocycles. The quantitative estimate of drug-likeness (QED) is 0.364.